The molecule has 0 saturated carbocycles. The summed E-state index contributed by atoms with van der Waals surface area (Å²) in [6.07, 6.45) is 0.0353. The van der Waals surface area contributed by atoms with Crippen LogP contribution in [0.3, 0.4) is 0 Å². The van der Waals surface area contributed by atoms with E-state index in [1.807, 2.05) is 0 Å². The van der Waals surface area contributed by atoms with Crippen LogP contribution in [-0.4, -0.2) is 41.1 Å². The van der Waals surface area contributed by atoms with Crippen molar-refractivity contribution in [2.24, 2.45) is 0 Å². The molecule has 0 aromatic rings. The van der Waals surface area contributed by atoms with Gasteiger partial charge in [0.05, 0.1) is 12.6 Å². The molecule has 0 unspecified atom stereocenters. The van der Waals surface area contributed by atoms with Gasteiger partial charge in [-0.05, 0) is 0 Å². The van der Waals surface area contributed by atoms with E-state index >= 15 is 0 Å². The van der Waals surface area contributed by atoms with Crippen LogP contribution in [-0.2, 0) is 23.6 Å². The predicted octanol–water partition coefficient (Wildman–Crippen LogP) is -0.173. The average Bonchev–Trinajstić information content (AvgIpc) is 2.20. The van der Waals surface area contributed by atoms with Crippen molar-refractivity contribution < 1.29 is 33.4 Å². The van der Waals surface area contributed by atoms with E-state index in [1.165, 1.54) is 0 Å². The zero-order valence-corrected chi connectivity index (χ0v) is 9.39. The summed E-state index contributed by atoms with van der Waals surface area (Å²) in [5.41, 5.74) is 0. The minimum Gasteiger partial charge on any atom is -0.462 e. The molecule has 0 saturated heterocycles. The summed E-state index contributed by atoms with van der Waals surface area (Å²) in [4.78, 5) is 38.3. The molecule has 0 spiro atoms. The fourth-order valence-electron chi connectivity index (χ4n) is 0.666. The molecule has 0 fully saturated rings. The minimum absolute atomic E-state index is 0.119. The van der Waals surface area contributed by atoms with Crippen molar-refractivity contribution in [2.45, 2.75) is 6.42 Å². The number of hydrogen-bond acceptors (Lipinski definition) is 5. The van der Waals surface area contributed by atoms with Crippen LogP contribution in [0.5, 0.6) is 0 Å². The maximum absolute atomic E-state index is 10.9. The Kier molecular flexibility index (Phi) is 6.64. The third-order valence-corrected chi connectivity index (χ3v) is 2.17. The van der Waals surface area contributed by atoms with Gasteiger partial charge in [-0.3, -0.25) is 9.36 Å². The third-order valence-electron chi connectivity index (χ3n) is 1.36. The van der Waals surface area contributed by atoms with Gasteiger partial charge < -0.3 is 19.3 Å². The van der Waals surface area contributed by atoms with Crippen molar-refractivity contribution in [3.8, 4) is 0 Å². The van der Waals surface area contributed by atoms with Crippen molar-refractivity contribution in [2.75, 3.05) is 19.4 Å². The Morgan fingerprint density at radius 2 is 1.81 bits per heavy atom. The summed E-state index contributed by atoms with van der Waals surface area (Å²) in [6, 6.07) is 0. The Balaban J connectivity index is 3.55. The van der Waals surface area contributed by atoms with Gasteiger partial charge in [0, 0.05) is 6.08 Å². The third kappa shape index (κ3) is 9.39. The SMILES string of the molecule is C=CC(=O)OCCOC(=O)CCP(=O)(O)O. The topological polar surface area (TPSA) is 110 Å². The quantitative estimate of drug-likeness (QED) is 0.280. The first-order valence-corrected chi connectivity index (χ1v) is 6.14. The molecule has 0 aliphatic heterocycles. The normalized spacial score (nSPS) is 10.6. The van der Waals surface area contributed by atoms with E-state index in [-0.39, 0.29) is 19.6 Å². The van der Waals surface area contributed by atoms with Crippen molar-refractivity contribution in [1.29, 1.82) is 0 Å². The Labute approximate surface area is 92.2 Å². The summed E-state index contributed by atoms with van der Waals surface area (Å²) < 4.78 is 19.4. The summed E-state index contributed by atoms with van der Waals surface area (Å²) in [5.74, 6) is -1.38. The van der Waals surface area contributed by atoms with E-state index in [0.717, 1.165) is 6.08 Å². The Hall–Kier alpha value is -1.17. The van der Waals surface area contributed by atoms with Gasteiger partial charge in [-0.15, -0.1) is 0 Å². The Morgan fingerprint density at radius 3 is 2.31 bits per heavy atom. The van der Waals surface area contributed by atoms with Gasteiger partial charge >= 0.3 is 19.5 Å². The molecule has 0 bridgehead atoms. The number of esters is 2. The highest BCUT2D eigenvalue weighted by Gasteiger charge is 2.15. The van der Waals surface area contributed by atoms with Crippen molar-refractivity contribution >= 4 is 19.5 Å². The van der Waals surface area contributed by atoms with Crippen LogP contribution in [0.15, 0.2) is 12.7 Å². The van der Waals surface area contributed by atoms with Crippen LogP contribution < -0.4 is 0 Å². The second-order valence-electron chi connectivity index (χ2n) is 2.73. The number of carbonyl (C=O) groups excluding carboxylic acids is 2. The molecule has 7 nitrogen and oxygen atoms in total. The average molecular weight is 252 g/mol. The molecular formula is C8H13O7P. The monoisotopic (exact) mass is 252 g/mol. The molecule has 8 heteroatoms. The fraction of sp³-hybridized carbons (Fsp3) is 0.500. The van der Waals surface area contributed by atoms with Crippen LogP contribution >= 0.6 is 7.60 Å². The summed E-state index contributed by atoms with van der Waals surface area (Å²) in [7, 11) is -4.18. The van der Waals surface area contributed by atoms with E-state index in [1.54, 1.807) is 0 Å². The largest absolute Gasteiger partial charge is 0.462 e. The molecule has 0 aromatic carbocycles. The van der Waals surface area contributed by atoms with Crippen molar-refractivity contribution in [3.05, 3.63) is 12.7 Å². The van der Waals surface area contributed by atoms with Crippen LogP contribution in [0.25, 0.3) is 0 Å². The molecular weight excluding hydrogens is 239 g/mol. The van der Waals surface area contributed by atoms with Gasteiger partial charge in [0.25, 0.3) is 0 Å². The zero-order valence-electron chi connectivity index (χ0n) is 8.50. The van der Waals surface area contributed by atoms with Crippen molar-refractivity contribution in [1.82, 2.24) is 0 Å². The maximum atomic E-state index is 10.9. The van der Waals surface area contributed by atoms with E-state index in [0.29, 0.717) is 0 Å². The lowest BCUT2D eigenvalue weighted by atomic mass is 10.5. The van der Waals surface area contributed by atoms with Crippen LogP contribution in [0.1, 0.15) is 6.42 Å². The molecule has 0 amide bonds. The summed E-state index contributed by atoms with van der Waals surface area (Å²) >= 11 is 0. The van der Waals surface area contributed by atoms with Gasteiger partial charge in [0.1, 0.15) is 13.2 Å². The smallest absolute Gasteiger partial charge is 0.330 e. The molecule has 2 N–H and O–H groups in total. The minimum atomic E-state index is -4.18. The molecule has 0 aliphatic carbocycles. The number of ether oxygens (including phenoxy) is 2. The van der Waals surface area contributed by atoms with Gasteiger partial charge in [-0.2, -0.15) is 0 Å². The highest BCUT2D eigenvalue weighted by atomic mass is 31.2. The standard InChI is InChI=1S/C8H13O7P/c1-2-7(9)14-4-5-15-8(10)3-6-16(11,12)13/h2H,1,3-6H2,(H2,11,12,13). The first kappa shape index (κ1) is 14.8. The Bertz CT molecular complexity index is 306. The molecule has 92 valence electrons. The lowest BCUT2D eigenvalue weighted by molar-refractivity contribution is -0.149. The molecule has 16 heavy (non-hydrogen) atoms. The predicted molar refractivity (Wildman–Crippen MR) is 53.6 cm³/mol. The molecule has 0 aromatic heterocycles. The van der Waals surface area contributed by atoms with Gasteiger partial charge in [-0.25, -0.2) is 4.79 Å². The number of carbonyl (C=O) groups is 2. The lowest BCUT2D eigenvalue weighted by Gasteiger charge is -2.05. The zero-order chi connectivity index (χ0) is 12.6. The molecule has 0 radical (unpaired) electrons. The van der Waals surface area contributed by atoms with Crippen molar-refractivity contribution in [3.63, 3.8) is 0 Å². The molecule has 0 atom stereocenters. The molecule has 0 heterocycles. The highest BCUT2D eigenvalue weighted by molar-refractivity contribution is 7.51. The van der Waals surface area contributed by atoms with E-state index in [9.17, 15) is 14.2 Å². The van der Waals surface area contributed by atoms with Gasteiger partial charge in [-0.1, -0.05) is 6.58 Å². The summed E-state index contributed by atoms with van der Waals surface area (Å²) in [5, 5.41) is 0. The second-order valence-corrected chi connectivity index (χ2v) is 4.51. The number of rotatable bonds is 7. The fourth-order valence-corrected chi connectivity index (χ4v) is 1.14. The first-order chi connectivity index (χ1) is 7.35. The molecule has 0 rings (SSSR count). The Morgan fingerprint density at radius 1 is 1.25 bits per heavy atom. The first-order valence-electron chi connectivity index (χ1n) is 4.34. The lowest BCUT2D eigenvalue weighted by Crippen LogP contribution is -2.13. The second kappa shape index (κ2) is 7.16. The number of hydrogen-bond donors (Lipinski definition) is 2. The van der Waals surface area contributed by atoms with Gasteiger partial charge in [0.15, 0.2) is 0 Å². The summed E-state index contributed by atoms with van der Waals surface area (Å²) in [6.45, 7) is 2.89. The van der Waals surface area contributed by atoms with Crippen LogP contribution in [0.4, 0.5) is 0 Å². The van der Waals surface area contributed by atoms with E-state index in [4.69, 9.17) is 9.79 Å². The maximum Gasteiger partial charge on any atom is 0.330 e. The van der Waals surface area contributed by atoms with E-state index in [2.05, 4.69) is 16.1 Å². The highest BCUT2D eigenvalue weighted by Crippen LogP contribution is 2.34. The van der Waals surface area contributed by atoms with Gasteiger partial charge in [0.2, 0.25) is 0 Å². The van der Waals surface area contributed by atoms with Crippen LogP contribution in [0, 0.1) is 0 Å². The van der Waals surface area contributed by atoms with E-state index < -0.39 is 25.7 Å². The van der Waals surface area contributed by atoms with Crippen LogP contribution in [0.2, 0.25) is 0 Å². The molecule has 0 aliphatic rings.